The summed E-state index contributed by atoms with van der Waals surface area (Å²) in [6.07, 6.45) is 16.1. The van der Waals surface area contributed by atoms with Crippen molar-refractivity contribution in [2.24, 2.45) is 17.8 Å². The molecule has 2 rings (SSSR count). The van der Waals surface area contributed by atoms with Crippen LogP contribution in [0.15, 0.2) is 30.3 Å². The number of terminal acetylenes is 3. The number of unbranched alkanes of at least 4 members (excludes halogenated alkanes) is 1. The number of nitrogens with zero attached hydrogens (tertiary/aromatic N) is 2. The van der Waals surface area contributed by atoms with Gasteiger partial charge in [-0.2, -0.15) is 13.2 Å². The molecule has 4 N–H and O–H groups in total. The number of halogens is 3. The Kier molecular flexibility index (Phi) is 18.6. The summed E-state index contributed by atoms with van der Waals surface area (Å²) in [6.45, 7) is -1.18. The molecule has 1 saturated carbocycles. The van der Waals surface area contributed by atoms with E-state index in [-0.39, 0.29) is 38.3 Å². The molecule has 280 valence electrons. The first kappa shape index (κ1) is 43.1. The van der Waals surface area contributed by atoms with Gasteiger partial charge in [-0.3, -0.25) is 19.3 Å². The van der Waals surface area contributed by atoms with Crippen LogP contribution in [0, 0.1) is 54.8 Å². The van der Waals surface area contributed by atoms with Crippen LogP contribution in [-0.2, 0) is 20.8 Å². The van der Waals surface area contributed by atoms with E-state index in [1.807, 2.05) is 0 Å². The summed E-state index contributed by atoms with van der Waals surface area (Å²) < 4.78 is 38.4. The number of hydrogen-bond acceptors (Lipinski definition) is 6. The number of hydrogen-bond donors (Lipinski definition) is 4. The maximum absolute atomic E-state index is 13.9. The van der Waals surface area contributed by atoms with E-state index in [1.165, 1.54) is 19.0 Å². The maximum atomic E-state index is 13.9. The van der Waals surface area contributed by atoms with Gasteiger partial charge in [-0.25, -0.2) is 0 Å². The lowest BCUT2D eigenvalue weighted by molar-refractivity contribution is -0.144. The molecular formula is C39H53F3N4O5. The number of carbonyl (C=O) groups excluding carboxylic acids is 3. The van der Waals surface area contributed by atoms with Crippen molar-refractivity contribution in [2.75, 3.05) is 33.7 Å². The fourth-order valence-corrected chi connectivity index (χ4v) is 6.36. The molecule has 9 nitrogen and oxygen atoms in total. The van der Waals surface area contributed by atoms with Crippen LogP contribution in [0.1, 0.15) is 69.8 Å². The fourth-order valence-electron chi connectivity index (χ4n) is 6.36. The van der Waals surface area contributed by atoms with Gasteiger partial charge in [0, 0.05) is 33.0 Å². The summed E-state index contributed by atoms with van der Waals surface area (Å²) in [6, 6.07) is 6.60. The second-order valence-corrected chi connectivity index (χ2v) is 13.6. The van der Waals surface area contributed by atoms with Gasteiger partial charge in [0.2, 0.25) is 17.7 Å². The minimum absolute atomic E-state index is 0.00826. The first-order chi connectivity index (χ1) is 24.2. The zero-order chi connectivity index (χ0) is 38.0. The van der Waals surface area contributed by atoms with E-state index >= 15 is 0 Å². The van der Waals surface area contributed by atoms with Gasteiger partial charge in [-0.05, 0) is 44.2 Å². The molecule has 0 heterocycles. The molecule has 3 amide bonds. The van der Waals surface area contributed by atoms with Crippen molar-refractivity contribution in [3.63, 3.8) is 0 Å². The normalized spacial score (nSPS) is 16.5. The average molecular weight is 715 g/mol. The summed E-state index contributed by atoms with van der Waals surface area (Å²) >= 11 is 0. The van der Waals surface area contributed by atoms with Crippen molar-refractivity contribution in [1.29, 1.82) is 0 Å². The van der Waals surface area contributed by atoms with Gasteiger partial charge in [0.25, 0.3) is 0 Å². The van der Waals surface area contributed by atoms with Crippen molar-refractivity contribution >= 4 is 17.7 Å². The first-order valence-corrected chi connectivity index (χ1v) is 17.5. The predicted octanol–water partition coefficient (Wildman–Crippen LogP) is 3.54. The molecule has 5 atom stereocenters. The minimum Gasteiger partial charge on any atom is -0.390 e. The number of alkyl halides is 3. The van der Waals surface area contributed by atoms with Crippen molar-refractivity contribution in [1.82, 2.24) is 20.4 Å². The molecule has 0 aromatic heterocycles. The largest absolute Gasteiger partial charge is 0.401 e. The molecule has 0 aliphatic heterocycles. The van der Waals surface area contributed by atoms with Crippen LogP contribution in [0.25, 0.3) is 0 Å². The SMILES string of the molecule is C#CCCC[C@H](O)[C@H](O)[C@H](CC1CCCCC1)NC(=O)[C@@H](NC(=O)[C@@H](CC(=O)N(C)CCN(C)CC(F)(F)F)Cc1ccccc1)C(C#C)C#C. The summed E-state index contributed by atoms with van der Waals surface area (Å²) in [4.78, 5) is 43.5. The zero-order valence-electron chi connectivity index (χ0n) is 29.7. The van der Waals surface area contributed by atoms with E-state index in [9.17, 15) is 37.8 Å². The number of likely N-dealkylation sites (N-methyl/N-ethyl adjacent to an activating group) is 2. The predicted molar refractivity (Wildman–Crippen MR) is 190 cm³/mol. The van der Waals surface area contributed by atoms with E-state index in [0.29, 0.717) is 19.3 Å². The van der Waals surface area contributed by atoms with Gasteiger partial charge in [0.1, 0.15) is 12.0 Å². The average Bonchev–Trinajstić information content (AvgIpc) is 3.09. The van der Waals surface area contributed by atoms with E-state index in [0.717, 1.165) is 42.6 Å². The van der Waals surface area contributed by atoms with Crippen molar-refractivity contribution in [3.05, 3.63) is 35.9 Å². The summed E-state index contributed by atoms with van der Waals surface area (Å²) in [5.74, 6) is 3.35. The van der Waals surface area contributed by atoms with Gasteiger partial charge < -0.3 is 25.7 Å². The number of aliphatic hydroxyl groups excluding tert-OH is 2. The smallest absolute Gasteiger partial charge is 0.390 e. The molecule has 1 fully saturated rings. The number of carbonyl (C=O) groups is 3. The van der Waals surface area contributed by atoms with Crippen molar-refractivity contribution in [3.8, 4) is 37.0 Å². The van der Waals surface area contributed by atoms with Crippen molar-refractivity contribution < 1.29 is 37.8 Å². The van der Waals surface area contributed by atoms with Crippen LogP contribution in [0.4, 0.5) is 13.2 Å². The van der Waals surface area contributed by atoms with Crippen LogP contribution in [0.5, 0.6) is 0 Å². The monoisotopic (exact) mass is 714 g/mol. The lowest BCUT2D eigenvalue weighted by atomic mass is 9.82. The Bertz CT molecular complexity index is 1350. The third kappa shape index (κ3) is 15.8. The number of amides is 3. The Balaban J connectivity index is 2.30. The van der Waals surface area contributed by atoms with E-state index in [4.69, 9.17) is 19.3 Å². The van der Waals surface area contributed by atoms with E-state index in [2.05, 4.69) is 28.4 Å². The number of nitrogens with one attached hydrogen (secondary N) is 2. The molecule has 1 aromatic carbocycles. The van der Waals surface area contributed by atoms with Crippen LogP contribution in [-0.4, -0.2) is 102 Å². The van der Waals surface area contributed by atoms with Crippen LogP contribution >= 0.6 is 0 Å². The lowest BCUT2D eigenvalue weighted by Crippen LogP contribution is -2.57. The molecule has 1 aliphatic rings. The Labute approximate surface area is 301 Å². The van der Waals surface area contributed by atoms with Gasteiger partial charge in [0.15, 0.2) is 0 Å². The molecule has 0 bridgehead atoms. The van der Waals surface area contributed by atoms with Gasteiger partial charge in [-0.15, -0.1) is 25.2 Å². The summed E-state index contributed by atoms with van der Waals surface area (Å²) in [7, 11) is 2.75. The van der Waals surface area contributed by atoms with E-state index in [1.54, 1.807) is 30.3 Å². The lowest BCUT2D eigenvalue weighted by Gasteiger charge is -2.34. The molecule has 0 saturated heterocycles. The van der Waals surface area contributed by atoms with Crippen LogP contribution < -0.4 is 10.6 Å². The van der Waals surface area contributed by atoms with Crippen LogP contribution in [0.3, 0.4) is 0 Å². The molecule has 12 heteroatoms. The Morgan fingerprint density at radius 3 is 2.20 bits per heavy atom. The maximum Gasteiger partial charge on any atom is 0.401 e. The summed E-state index contributed by atoms with van der Waals surface area (Å²) in [5.41, 5.74) is 0.735. The third-order valence-corrected chi connectivity index (χ3v) is 9.35. The zero-order valence-corrected chi connectivity index (χ0v) is 29.7. The molecule has 0 spiro atoms. The number of benzene rings is 1. The van der Waals surface area contributed by atoms with Crippen molar-refractivity contribution in [2.45, 2.75) is 101 Å². The van der Waals surface area contributed by atoms with Gasteiger partial charge in [-0.1, -0.05) is 74.3 Å². The second-order valence-electron chi connectivity index (χ2n) is 13.6. The second kappa shape index (κ2) is 22.0. The quantitative estimate of drug-likeness (QED) is 0.121. The van der Waals surface area contributed by atoms with Gasteiger partial charge >= 0.3 is 6.18 Å². The minimum atomic E-state index is -4.39. The fraction of sp³-hybridized carbons (Fsp3) is 0.615. The molecule has 0 unspecified atom stereocenters. The molecular weight excluding hydrogens is 661 g/mol. The topological polar surface area (TPSA) is 122 Å². The molecule has 51 heavy (non-hydrogen) atoms. The standard InChI is InChI=1S/C39H53F3N4O5/c1-6-9-12-21-33(47)36(49)32(25-29-19-15-11-16-20-29)43-38(51)35(30(7-2)8-3)44-37(50)31(24-28-17-13-10-14-18-28)26-34(48)46(5)23-22-45(4)27-39(40,41)42/h1-3,10,13-14,17-18,29-33,35-36,47,49H,9,11-12,15-16,19-27H2,4-5H3,(H,43,51)(H,44,50)/t31-,32+,33+,35+,36-/m1/s1. The third-order valence-electron chi connectivity index (χ3n) is 9.35. The van der Waals surface area contributed by atoms with Gasteiger partial charge in [0.05, 0.1) is 30.7 Å². The highest BCUT2D eigenvalue weighted by Gasteiger charge is 2.36. The highest BCUT2D eigenvalue weighted by molar-refractivity contribution is 5.91. The van der Waals surface area contributed by atoms with Crippen LogP contribution in [0.2, 0.25) is 0 Å². The molecule has 1 aliphatic carbocycles. The van der Waals surface area contributed by atoms with E-state index < -0.39 is 66.6 Å². The molecule has 0 radical (unpaired) electrons. The number of rotatable bonds is 20. The number of aliphatic hydroxyl groups is 2. The summed E-state index contributed by atoms with van der Waals surface area (Å²) in [5, 5.41) is 27.5. The Morgan fingerprint density at radius 2 is 1.61 bits per heavy atom. The Morgan fingerprint density at radius 1 is 0.961 bits per heavy atom. The highest BCUT2D eigenvalue weighted by atomic mass is 19.4. The molecule has 1 aromatic rings. The Hall–Kier alpha value is -4.02. The first-order valence-electron chi connectivity index (χ1n) is 17.5. The highest BCUT2D eigenvalue weighted by Crippen LogP contribution is 2.29.